The normalized spacial score (nSPS) is 10.5. The zero-order valence-corrected chi connectivity index (χ0v) is 15.5. The molecule has 2 aromatic carbocycles. The SMILES string of the molecule is CCOC(=O)/C(C#N)=C/NNC(=O)COc1ccccc1Cc1ccccc1. The van der Waals surface area contributed by atoms with Gasteiger partial charge in [0.05, 0.1) is 6.61 Å². The van der Waals surface area contributed by atoms with Gasteiger partial charge in [0.25, 0.3) is 5.91 Å². The summed E-state index contributed by atoms with van der Waals surface area (Å²) in [5.41, 5.74) is 6.58. The average Bonchev–Trinajstić information content (AvgIpc) is 2.71. The fourth-order valence-corrected chi connectivity index (χ4v) is 2.32. The molecule has 0 aromatic heterocycles. The van der Waals surface area contributed by atoms with Gasteiger partial charge in [-0.25, -0.2) is 4.79 Å². The van der Waals surface area contributed by atoms with Gasteiger partial charge in [-0.1, -0.05) is 48.5 Å². The lowest BCUT2D eigenvalue weighted by Crippen LogP contribution is -2.37. The molecule has 0 aliphatic carbocycles. The summed E-state index contributed by atoms with van der Waals surface area (Å²) >= 11 is 0. The Hall–Kier alpha value is -3.79. The fraction of sp³-hybridized carbons (Fsp3) is 0.190. The van der Waals surface area contributed by atoms with E-state index in [-0.39, 0.29) is 18.8 Å². The molecule has 7 nitrogen and oxygen atoms in total. The fourth-order valence-electron chi connectivity index (χ4n) is 2.32. The molecule has 0 unspecified atom stereocenters. The smallest absolute Gasteiger partial charge is 0.350 e. The second-order valence-corrected chi connectivity index (χ2v) is 5.64. The van der Waals surface area contributed by atoms with Crippen LogP contribution in [0.5, 0.6) is 5.75 Å². The second kappa shape index (κ2) is 11.0. The maximum Gasteiger partial charge on any atom is 0.350 e. The van der Waals surface area contributed by atoms with E-state index in [9.17, 15) is 9.59 Å². The second-order valence-electron chi connectivity index (χ2n) is 5.64. The molecule has 0 heterocycles. The van der Waals surface area contributed by atoms with Crippen molar-refractivity contribution < 1.29 is 19.1 Å². The highest BCUT2D eigenvalue weighted by molar-refractivity contribution is 5.92. The minimum atomic E-state index is -0.766. The Kier molecular flexibility index (Phi) is 8.09. The number of carbonyl (C=O) groups excluding carboxylic acids is 2. The van der Waals surface area contributed by atoms with E-state index < -0.39 is 11.9 Å². The lowest BCUT2D eigenvalue weighted by molar-refractivity contribution is -0.138. The molecule has 0 saturated carbocycles. The van der Waals surface area contributed by atoms with Crippen molar-refractivity contribution in [1.29, 1.82) is 5.26 Å². The number of para-hydroxylation sites is 1. The molecule has 0 bridgehead atoms. The predicted octanol–water partition coefficient (Wildman–Crippen LogP) is 2.25. The lowest BCUT2D eigenvalue weighted by atomic mass is 10.0. The topological polar surface area (TPSA) is 100 Å². The number of hydrazine groups is 1. The molecule has 0 atom stereocenters. The molecule has 2 aromatic rings. The largest absolute Gasteiger partial charge is 0.483 e. The molecule has 0 aliphatic heterocycles. The van der Waals surface area contributed by atoms with Crippen molar-refractivity contribution in [3.05, 3.63) is 77.5 Å². The summed E-state index contributed by atoms with van der Waals surface area (Å²) in [5.74, 6) is -0.619. The molecular formula is C21H21N3O4. The maximum atomic E-state index is 11.9. The number of nitrogens with zero attached hydrogens (tertiary/aromatic N) is 1. The van der Waals surface area contributed by atoms with Crippen LogP contribution in [0.15, 0.2) is 66.4 Å². The number of ether oxygens (including phenoxy) is 2. The quantitative estimate of drug-likeness (QED) is 0.300. The van der Waals surface area contributed by atoms with Crippen molar-refractivity contribution in [3.8, 4) is 11.8 Å². The van der Waals surface area contributed by atoms with Crippen molar-refractivity contribution in [3.63, 3.8) is 0 Å². The number of nitrogens with one attached hydrogen (secondary N) is 2. The highest BCUT2D eigenvalue weighted by Gasteiger charge is 2.10. The summed E-state index contributed by atoms with van der Waals surface area (Å²) in [6, 6.07) is 19.1. The van der Waals surface area contributed by atoms with Gasteiger partial charge in [-0.05, 0) is 24.1 Å². The Morgan fingerprint density at radius 2 is 1.82 bits per heavy atom. The number of nitriles is 1. The van der Waals surface area contributed by atoms with Gasteiger partial charge >= 0.3 is 5.97 Å². The number of amides is 1. The Morgan fingerprint density at radius 1 is 1.11 bits per heavy atom. The monoisotopic (exact) mass is 379 g/mol. The van der Waals surface area contributed by atoms with E-state index in [1.807, 2.05) is 48.5 Å². The van der Waals surface area contributed by atoms with Crippen LogP contribution in [0.25, 0.3) is 0 Å². The van der Waals surface area contributed by atoms with Crippen molar-refractivity contribution in [2.45, 2.75) is 13.3 Å². The summed E-state index contributed by atoms with van der Waals surface area (Å²) in [5, 5.41) is 8.90. The number of benzene rings is 2. The molecular weight excluding hydrogens is 358 g/mol. The number of rotatable bonds is 9. The van der Waals surface area contributed by atoms with Gasteiger partial charge in [0.15, 0.2) is 12.2 Å². The molecule has 28 heavy (non-hydrogen) atoms. The van der Waals surface area contributed by atoms with Crippen LogP contribution in [0.3, 0.4) is 0 Å². The van der Waals surface area contributed by atoms with E-state index >= 15 is 0 Å². The molecule has 0 fully saturated rings. The zero-order valence-electron chi connectivity index (χ0n) is 15.5. The minimum absolute atomic E-state index is 0.153. The number of hydrogen-bond donors (Lipinski definition) is 2. The first kappa shape index (κ1) is 20.5. The standard InChI is InChI=1S/C21H21N3O4/c1-2-27-21(26)18(13-22)14-23-24-20(25)15-28-19-11-7-6-10-17(19)12-16-8-4-3-5-9-16/h3-11,14,23H,2,12,15H2,1H3,(H,24,25)/b18-14+. The third kappa shape index (κ3) is 6.50. The minimum Gasteiger partial charge on any atom is -0.483 e. The van der Waals surface area contributed by atoms with Crippen LogP contribution >= 0.6 is 0 Å². The van der Waals surface area contributed by atoms with Crippen LogP contribution in [0.2, 0.25) is 0 Å². The Labute approximate surface area is 163 Å². The summed E-state index contributed by atoms with van der Waals surface area (Å²) in [4.78, 5) is 23.4. The van der Waals surface area contributed by atoms with Gasteiger partial charge in [0.1, 0.15) is 11.8 Å². The summed E-state index contributed by atoms with van der Waals surface area (Å²) in [6.45, 7) is 1.56. The third-order valence-corrected chi connectivity index (χ3v) is 3.61. The van der Waals surface area contributed by atoms with Crippen molar-refractivity contribution in [2.75, 3.05) is 13.2 Å². The van der Waals surface area contributed by atoms with Crippen LogP contribution in [-0.2, 0) is 20.7 Å². The van der Waals surface area contributed by atoms with E-state index in [0.29, 0.717) is 12.2 Å². The third-order valence-electron chi connectivity index (χ3n) is 3.61. The Balaban J connectivity index is 1.88. The summed E-state index contributed by atoms with van der Waals surface area (Å²) in [7, 11) is 0. The molecule has 0 saturated heterocycles. The van der Waals surface area contributed by atoms with E-state index in [2.05, 4.69) is 10.9 Å². The van der Waals surface area contributed by atoms with Gasteiger partial charge in [-0.3, -0.25) is 10.2 Å². The van der Waals surface area contributed by atoms with E-state index in [4.69, 9.17) is 14.7 Å². The molecule has 0 aliphatic rings. The van der Waals surface area contributed by atoms with Crippen molar-refractivity contribution in [2.24, 2.45) is 0 Å². The average molecular weight is 379 g/mol. The van der Waals surface area contributed by atoms with Crippen LogP contribution in [0.4, 0.5) is 0 Å². The van der Waals surface area contributed by atoms with Crippen molar-refractivity contribution in [1.82, 2.24) is 10.9 Å². The molecule has 0 spiro atoms. The lowest BCUT2D eigenvalue weighted by Gasteiger charge is -2.12. The number of carbonyl (C=O) groups is 2. The highest BCUT2D eigenvalue weighted by atomic mass is 16.5. The van der Waals surface area contributed by atoms with Gasteiger partial charge in [0, 0.05) is 12.6 Å². The number of hydrogen-bond acceptors (Lipinski definition) is 6. The molecule has 144 valence electrons. The Morgan fingerprint density at radius 3 is 2.54 bits per heavy atom. The first-order chi connectivity index (χ1) is 13.6. The number of esters is 1. The van der Waals surface area contributed by atoms with E-state index in [1.165, 1.54) is 0 Å². The van der Waals surface area contributed by atoms with Crippen LogP contribution < -0.4 is 15.6 Å². The van der Waals surface area contributed by atoms with E-state index in [1.54, 1.807) is 19.1 Å². The molecule has 1 amide bonds. The van der Waals surface area contributed by atoms with Gasteiger partial charge in [-0.15, -0.1) is 0 Å². The highest BCUT2D eigenvalue weighted by Crippen LogP contribution is 2.21. The molecule has 7 heteroatoms. The van der Waals surface area contributed by atoms with Crippen LogP contribution in [0.1, 0.15) is 18.1 Å². The zero-order chi connectivity index (χ0) is 20.2. The van der Waals surface area contributed by atoms with Crippen LogP contribution in [0, 0.1) is 11.3 Å². The predicted molar refractivity (Wildman–Crippen MR) is 103 cm³/mol. The summed E-state index contributed by atoms with van der Waals surface area (Å²) in [6.07, 6.45) is 1.75. The molecule has 2 N–H and O–H groups in total. The molecule has 2 rings (SSSR count). The van der Waals surface area contributed by atoms with Crippen LogP contribution in [-0.4, -0.2) is 25.1 Å². The first-order valence-electron chi connectivity index (χ1n) is 8.70. The van der Waals surface area contributed by atoms with E-state index in [0.717, 1.165) is 17.3 Å². The van der Waals surface area contributed by atoms with Gasteiger partial charge < -0.3 is 14.9 Å². The maximum absolute atomic E-state index is 11.9. The van der Waals surface area contributed by atoms with Gasteiger partial charge in [-0.2, -0.15) is 5.26 Å². The summed E-state index contributed by atoms with van der Waals surface area (Å²) < 4.78 is 10.3. The molecule has 0 radical (unpaired) electrons. The van der Waals surface area contributed by atoms with Gasteiger partial charge in [0.2, 0.25) is 0 Å². The van der Waals surface area contributed by atoms with Crippen molar-refractivity contribution >= 4 is 11.9 Å². The Bertz CT molecular complexity index is 873. The first-order valence-corrected chi connectivity index (χ1v) is 8.70.